The van der Waals surface area contributed by atoms with Crippen LogP contribution in [0.5, 0.6) is 0 Å². The highest BCUT2D eigenvalue weighted by atomic mass is 19.1. The largest absolute Gasteiger partial charge is 0.393 e. The van der Waals surface area contributed by atoms with Crippen molar-refractivity contribution in [1.82, 2.24) is 5.32 Å². The number of anilines is 1. The van der Waals surface area contributed by atoms with Gasteiger partial charge in [-0.25, -0.2) is 9.18 Å². The monoisotopic (exact) mass is 226 g/mol. The van der Waals surface area contributed by atoms with Crippen molar-refractivity contribution in [3.8, 4) is 0 Å². The molecule has 16 heavy (non-hydrogen) atoms. The molecule has 0 bridgehead atoms. The summed E-state index contributed by atoms with van der Waals surface area (Å²) in [4.78, 5) is 11.3. The van der Waals surface area contributed by atoms with Gasteiger partial charge in [0.1, 0.15) is 5.82 Å². The molecule has 4 nitrogen and oxygen atoms in total. The number of hydrogen-bond acceptors (Lipinski definition) is 2. The smallest absolute Gasteiger partial charge is 0.319 e. The molecule has 2 amide bonds. The summed E-state index contributed by atoms with van der Waals surface area (Å²) in [6.45, 7) is 1.98. The second-order valence-electron chi connectivity index (χ2n) is 3.50. The Labute approximate surface area is 93.5 Å². The van der Waals surface area contributed by atoms with E-state index in [1.165, 1.54) is 12.1 Å². The van der Waals surface area contributed by atoms with Crippen LogP contribution < -0.4 is 10.6 Å². The highest BCUT2D eigenvalue weighted by molar-refractivity contribution is 5.89. The van der Waals surface area contributed by atoms with Crippen LogP contribution in [0.3, 0.4) is 0 Å². The molecule has 0 fully saturated rings. The molecule has 5 heteroatoms. The molecule has 0 aliphatic carbocycles. The number of nitrogens with one attached hydrogen (secondary N) is 2. The van der Waals surface area contributed by atoms with Crippen LogP contribution in [0.15, 0.2) is 24.3 Å². The summed E-state index contributed by atoms with van der Waals surface area (Å²) in [6.07, 6.45) is -0.00112. The van der Waals surface area contributed by atoms with Gasteiger partial charge in [0.05, 0.1) is 11.8 Å². The van der Waals surface area contributed by atoms with Crippen molar-refractivity contribution < 1.29 is 14.3 Å². The Morgan fingerprint density at radius 3 is 2.81 bits per heavy atom. The highest BCUT2D eigenvalue weighted by Gasteiger charge is 2.05. The number of rotatable bonds is 4. The van der Waals surface area contributed by atoms with Gasteiger partial charge < -0.3 is 15.7 Å². The number of aliphatic hydroxyl groups excluding tert-OH is 1. The summed E-state index contributed by atoms with van der Waals surface area (Å²) in [5.74, 6) is -0.479. The Kier molecular flexibility index (Phi) is 4.72. The summed E-state index contributed by atoms with van der Waals surface area (Å²) in [7, 11) is 0. The molecule has 3 N–H and O–H groups in total. The first-order chi connectivity index (χ1) is 7.59. The molecule has 0 spiro atoms. The summed E-state index contributed by atoms with van der Waals surface area (Å²) in [6, 6.07) is 5.45. The predicted octanol–water partition coefficient (Wildman–Crippen LogP) is 1.72. The van der Waals surface area contributed by atoms with E-state index in [1.807, 2.05) is 0 Å². The molecule has 0 saturated heterocycles. The standard InChI is InChI=1S/C11H15FN2O2/c1-8(15)6-7-13-11(16)14-10-5-3-2-4-9(10)12/h2-5,8,15H,6-7H2,1H3,(H2,13,14,16)/t8-/m1/s1. The fraction of sp³-hybridized carbons (Fsp3) is 0.364. The maximum atomic E-state index is 13.1. The minimum Gasteiger partial charge on any atom is -0.393 e. The Morgan fingerprint density at radius 2 is 2.19 bits per heavy atom. The van der Waals surface area contributed by atoms with Crippen LogP contribution in [-0.4, -0.2) is 23.8 Å². The Balaban J connectivity index is 2.37. The molecule has 1 aromatic carbocycles. The molecule has 1 rings (SSSR count). The molecule has 1 aromatic rings. The number of halogens is 1. The second-order valence-corrected chi connectivity index (χ2v) is 3.50. The normalized spacial score (nSPS) is 11.9. The lowest BCUT2D eigenvalue weighted by molar-refractivity contribution is 0.184. The molecule has 1 atom stereocenters. The van der Waals surface area contributed by atoms with Gasteiger partial charge in [-0.3, -0.25) is 0 Å². The number of benzene rings is 1. The van der Waals surface area contributed by atoms with Gasteiger partial charge in [-0.2, -0.15) is 0 Å². The number of para-hydroxylation sites is 1. The predicted molar refractivity (Wildman–Crippen MR) is 59.7 cm³/mol. The summed E-state index contributed by atoms with van der Waals surface area (Å²) in [5, 5.41) is 13.9. The first kappa shape index (κ1) is 12.4. The Morgan fingerprint density at radius 1 is 1.50 bits per heavy atom. The minimum absolute atomic E-state index is 0.136. The minimum atomic E-state index is -0.481. The number of carbonyl (C=O) groups excluding carboxylic acids is 1. The lowest BCUT2D eigenvalue weighted by Gasteiger charge is -2.08. The molecule has 0 unspecified atom stereocenters. The zero-order chi connectivity index (χ0) is 12.0. The SMILES string of the molecule is C[C@@H](O)CCNC(=O)Nc1ccccc1F. The summed E-state index contributed by atoms with van der Waals surface area (Å²) < 4.78 is 13.1. The lowest BCUT2D eigenvalue weighted by atomic mass is 10.3. The number of aliphatic hydroxyl groups is 1. The Hall–Kier alpha value is -1.62. The number of amides is 2. The van der Waals surface area contributed by atoms with Crippen LogP contribution in [0, 0.1) is 5.82 Å². The molecule has 0 aliphatic heterocycles. The third kappa shape index (κ3) is 4.27. The number of hydrogen-bond donors (Lipinski definition) is 3. The zero-order valence-electron chi connectivity index (χ0n) is 9.03. The third-order valence-corrected chi connectivity index (χ3v) is 1.97. The van der Waals surface area contributed by atoms with Crippen LogP contribution in [0.1, 0.15) is 13.3 Å². The molecule has 0 aromatic heterocycles. The fourth-order valence-electron chi connectivity index (χ4n) is 1.12. The van der Waals surface area contributed by atoms with Crippen molar-refractivity contribution in [3.63, 3.8) is 0 Å². The molecule has 0 aliphatic rings. The van der Waals surface area contributed by atoms with Gasteiger partial charge in [-0.05, 0) is 25.5 Å². The second kappa shape index (κ2) is 6.07. The van der Waals surface area contributed by atoms with Gasteiger partial charge in [0.15, 0.2) is 0 Å². The summed E-state index contributed by atoms with van der Waals surface area (Å²) >= 11 is 0. The van der Waals surface area contributed by atoms with E-state index in [0.717, 1.165) is 0 Å². The van der Waals surface area contributed by atoms with E-state index in [2.05, 4.69) is 10.6 Å². The lowest BCUT2D eigenvalue weighted by Crippen LogP contribution is -2.31. The van der Waals surface area contributed by atoms with Crippen molar-refractivity contribution in [2.45, 2.75) is 19.4 Å². The number of carbonyl (C=O) groups is 1. The first-order valence-electron chi connectivity index (χ1n) is 5.07. The van der Waals surface area contributed by atoms with Crippen molar-refractivity contribution in [1.29, 1.82) is 0 Å². The van der Waals surface area contributed by atoms with E-state index in [-0.39, 0.29) is 5.69 Å². The van der Waals surface area contributed by atoms with Crippen LogP contribution in [0.4, 0.5) is 14.9 Å². The highest BCUT2D eigenvalue weighted by Crippen LogP contribution is 2.11. The van der Waals surface area contributed by atoms with Gasteiger partial charge in [0.2, 0.25) is 0 Å². The molecule has 0 radical (unpaired) electrons. The maximum absolute atomic E-state index is 13.1. The number of urea groups is 1. The van der Waals surface area contributed by atoms with Crippen molar-refractivity contribution in [2.24, 2.45) is 0 Å². The van der Waals surface area contributed by atoms with E-state index >= 15 is 0 Å². The van der Waals surface area contributed by atoms with Crippen molar-refractivity contribution in [2.75, 3.05) is 11.9 Å². The van der Waals surface area contributed by atoms with Gasteiger partial charge >= 0.3 is 6.03 Å². The molecule has 0 saturated carbocycles. The third-order valence-electron chi connectivity index (χ3n) is 1.97. The summed E-state index contributed by atoms with van der Waals surface area (Å²) in [5.41, 5.74) is 0.136. The van der Waals surface area contributed by atoms with E-state index in [9.17, 15) is 9.18 Å². The quantitative estimate of drug-likeness (QED) is 0.732. The molecular formula is C11H15FN2O2. The van der Waals surface area contributed by atoms with E-state index < -0.39 is 18.0 Å². The topological polar surface area (TPSA) is 61.4 Å². The van der Waals surface area contributed by atoms with Crippen molar-refractivity contribution >= 4 is 11.7 Å². The van der Waals surface area contributed by atoms with Crippen LogP contribution in [0.2, 0.25) is 0 Å². The van der Waals surface area contributed by atoms with E-state index in [4.69, 9.17) is 5.11 Å². The van der Waals surface area contributed by atoms with E-state index in [0.29, 0.717) is 13.0 Å². The average Bonchev–Trinajstić information content (AvgIpc) is 2.21. The van der Waals surface area contributed by atoms with E-state index in [1.54, 1.807) is 19.1 Å². The van der Waals surface area contributed by atoms with Gasteiger partial charge in [-0.1, -0.05) is 12.1 Å². The van der Waals surface area contributed by atoms with Gasteiger partial charge in [0, 0.05) is 6.54 Å². The van der Waals surface area contributed by atoms with Crippen molar-refractivity contribution in [3.05, 3.63) is 30.1 Å². The van der Waals surface area contributed by atoms with Crippen LogP contribution in [-0.2, 0) is 0 Å². The van der Waals surface area contributed by atoms with Gasteiger partial charge in [0.25, 0.3) is 0 Å². The average molecular weight is 226 g/mol. The molecular weight excluding hydrogens is 211 g/mol. The fourth-order valence-corrected chi connectivity index (χ4v) is 1.12. The first-order valence-corrected chi connectivity index (χ1v) is 5.07. The Bertz CT molecular complexity index is 356. The van der Waals surface area contributed by atoms with Crippen LogP contribution >= 0.6 is 0 Å². The maximum Gasteiger partial charge on any atom is 0.319 e. The zero-order valence-corrected chi connectivity index (χ0v) is 9.03. The van der Waals surface area contributed by atoms with Crippen LogP contribution in [0.25, 0.3) is 0 Å². The molecule has 88 valence electrons. The van der Waals surface area contributed by atoms with Gasteiger partial charge in [-0.15, -0.1) is 0 Å². The molecule has 0 heterocycles.